The predicted molar refractivity (Wildman–Crippen MR) is 92.4 cm³/mol. The van der Waals surface area contributed by atoms with E-state index in [-0.39, 0.29) is 11.9 Å². The fourth-order valence-electron chi connectivity index (χ4n) is 1.96. The van der Waals surface area contributed by atoms with Gasteiger partial charge in [-0.15, -0.1) is 0 Å². The van der Waals surface area contributed by atoms with Crippen LogP contribution < -0.4 is 10.6 Å². The van der Waals surface area contributed by atoms with Crippen LogP contribution in [0.1, 0.15) is 35.7 Å². The maximum atomic E-state index is 12.4. The Morgan fingerprint density at radius 3 is 2.55 bits per heavy atom. The molecule has 0 unspecified atom stereocenters. The summed E-state index contributed by atoms with van der Waals surface area (Å²) in [5, 5.41) is 6.04. The maximum absolute atomic E-state index is 12.4. The third-order valence-corrected chi connectivity index (χ3v) is 3.54. The van der Waals surface area contributed by atoms with Crippen molar-refractivity contribution >= 4 is 33.3 Å². The van der Waals surface area contributed by atoms with E-state index in [1.807, 2.05) is 39.0 Å². The molecule has 2 aromatic rings. The van der Waals surface area contributed by atoms with E-state index in [9.17, 15) is 4.79 Å². The van der Waals surface area contributed by atoms with Crippen LogP contribution >= 0.6 is 15.9 Å². The van der Waals surface area contributed by atoms with E-state index >= 15 is 0 Å². The van der Waals surface area contributed by atoms with Gasteiger partial charge in [0.05, 0.1) is 5.69 Å². The first-order chi connectivity index (χ1) is 10.3. The fourth-order valence-corrected chi connectivity index (χ4v) is 2.55. The molecule has 2 rings (SSSR count). The number of aromatic nitrogens is 2. The molecule has 22 heavy (non-hydrogen) atoms. The first kappa shape index (κ1) is 16.4. The summed E-state index contributed by atoms with van der Waals surface area (Å²) in [6.07, 6.45) is 0. The Labute approximate surface area is 138 Å². The van der Waals surface area contributed by atoms with Gasteiger partial charge >= 0.3 is 0 Å². The van der Waals surface area contributed by atoms with E-state index in [4.69, 9.17) is 0 Å². The molecule has 5 nitrogen and oxygen atoms in total. The van der Waals surface area contributed by atoms with E-state index in [0.717, 1.165) is 10.0 Å². The summed E-state index contributed by atoms with van der Waals surface area (Å²) in [7, 11) is 0. The van der Waals surface area contributed by atoms with Crippen molar-refractivity contribution in [3.63, 3.8) is 0 Å². The van der Waals surface area contributed by atoms with E-state index in [0.29, 0.717) is 23.0 Å². The summed E-state index contributed by atoms with van der Waals surface area (Å²) < 4.78 is 0.840. The van der Waals surface area contributed by atoms with Crippen LogP contribution in [0.15, 0.2) is 28.7 Å². The zero-order valence-electron chi connectivity index (χ0n) is 13.1. The average Bonchev–Trinajstić information content (AvgIpc) is 2.40. The van der Waals surface area contributed by atoms with E-state index < -0.39 is 0 Å². The molecule has 0 aliphatic carbocycles. The molecule has 0 aliphatic heterocycles. The van der Waals surface area contributed by atoms with Crippen molar-refractivity contribution < 1.29 is 4.79 Å². The molecule has 1 aromatic carbocycles. The van der Waals surface area contributed by atoms with E-state index in [1.54, 1.807) is 13.0 Å². The first-order valence-corrected chi connectivity index (χ1v) is 7.84. The summed E-state index contributed by atoms with van der Waals surface area (Å²) >= 11 is 3.45. The van der Waals surface area contributed by atoms with Gasteiger partial charge in [-0.05, 0) is 61.3 Å². The molecule has 0 bridgehead atoms. The van der Waals surface area contributed by atoms with Gasteiger partial charge in [-0.1, -0.05) is 6.07 Å². The fraction of sp³-hybridized carbons (Fsp3) is 0.312. The molecule has 0 radical (unpaired) electrons. The van der Waals surface area contributed by atoms with Gasteiger partial charge in [-0.3, -0.25) is 4.79 Å². The normalized spacial score (nSPS) is 10.6. The number of rotatable bonds is 4. The number of hydrogen-bond acceptors (Lipinski definition) is 4. The zero-order valence-corrected chi connectivity index (χ0v) is 14.7. The number of amides is 1. The molecule has 6 heteroatoms. The number of nitrogens with one attached hydrogen (secondary N) is 2. The number of nitrogens with zero attached hydrogens (tertiary/aromatic N) is 2. The third-order valence-electron chi connectivity index (χ3n) is 2.88. The summed E-state index contributed by atoms with van der Waals surface area (Å²) in [4.78, 5) is 20.9. The van der Waals surface area contributed by atoms with Crippen molar-refractivity contribution in [3.05, 3.63) is 45.8 Å². The Hall–Kier alpha value is -1.95. The predicted octanol–water partition coefficient (Wildman–Crippen LogP) is 3.93. The third kappa shape index (κ3) is 4.27. The highest BCUT2D eigenvalue weighted by Crippen LogP contribution is 2.24. The van der Waals surface area contributed by atoms with Crippen LogP contribution in [0.5, 0.6) is 0 Å². The molecule has 116 valence electrons. The minimum Gasteiger partial charge on any atom is -0.368 e. The molecule has 1 heterocycles. The van der Waals surface area contributed by atoms with Crippen LogP contribution in [-0.4, -0.2) is 21.9 Å². The number of halogens is 1. The minimum atomic E-state index is -0.262. The first-order valence-electron chi connectivity index (χ1n) is 7.05. The Bertz CT molecular complexity index is 701. The maximum Gasteiger partial charge on any atom is 0.274 e. The van der Waals surface area contributed by atoms with Crippen molar-refractivity contribution in [2.45, 2.75) is 33.7 Å². The molecule has 0 spiro atoms. The van der Waals surface area contributed by atoms with Crippen LogP contribution in [0.25, 0.3) is 0 Å². The summed E-state index contributed by atoms with van der Waals surface area (Å²) in [6.45, 7) is 7.79. The lowest BCUT2D eigenvalue weighted by atomic mass is 10.2. The van der Waals surface area contributed by atoms with Crippen molar-refractivity contribution in [3.8, 4) is 0 Å². The van der Waals surface area contributed by atoms with Gasteiger partial charge in [0.2, 0.25) is 0 Å². The second-order valence-electron chi connectivity index (χ2n) is 5.42. The number of carbonyl (C=O) groups excluding carboxylic acids is 1. The quantitative estimate of drug-likeness (QED) is 0.864. The van der Waals surface area contributed by atoms with Gasteiger partial charge in [0, 0.05) is 16.6 Å². The molecule has 0 saturated heterocycles. The standard InChI is InChI=1S/C16H19BrN4O/c1-9(2)18-15-8-14(19-11(4)20-15)16(22)21-13-6-5-10(3)7-12(13)17/h5-9H,1-4H3,(H,21,22)(H,18,19,20). The highest BCUT2D eigenvalue weighted by Gasteiger charge is 2.12. The van der Waals surface area contributed by atoms with Crippen molar-refractivity contribution in [2.24, 2.45) is 0 Å². The highest BCUT2D eigenvalue weighted by atomic mass is 79.9. The molecular formula is C16H19BrN4O. The second kappa shape index (κ2) is 6.87. The van der Waals surface area contributed by atoms with Gasteiger partial charge in [0.25, 0.3) is 5.91 Å². The van der Waals surface area contributed by atoms with Gasteiger partial charge < -0.3 is 10.6 Å². The molecule has 0 fully saturated rings. The van der Waals surface area contributed by atoms with Crippen LogP contribution in [-0.2, 0) is 0 Å². The van der Waals surface area contributed by atoms with E-state index in [2.05, 4.69) is 36.5 Å². The van der Waals surface area contributed by atoms with Crippen LogP contribution in [0.3, 0.4) is 0 Å². The summed E-state index contributed by atoms with van der Waals surface area (Å²) in [5.74, 6) is 0.941. The molecular weight excluding hydrogens is 344 g/mol. The van der Waals surface area contributed by atoms with Gasteiger partial charge in [0.15, 0.2) is 0 Å². The monoisotopic (exact) mass is 362 g/mol. The van der Waals surface area contributed by atoms with Gasteiger partial charge in [-0.2, -0.15) is 0 Å². The van der Waals surface area contributed by atoms with Crippen LogP contribution in [0.2, 0.25) is 0 Å². The molecule has 1 amide bonds. The lowest BCUT2D eigenvalue weighted by molar-refractivity contribution is 0.102. The molecule has 0 atom stereocenters. The molecule has 0 saturated carbocycles. The molecule has 2 N–H and O–H groups in total. The lowest BCUT2D eigenvalue weighted by Crippen LogP contribution is -2.17. The van der Waals surface area contributed by atoms with Gasteiger partial charge in [0.1, 0.15) is 17.3 Å². The Morgan fingerprint density at radius 2 is 1.91 bits per heavy atom. The van der Waals surface area contributed by atoms with Crippen LogP contribution in [0, 0.1) is 13.8 Å². The molecule has 1 aromatic heterocycles. The number of hydrogen-bond donors (Lipinski definition) is 2. The number of anilines is 2. The lowest BCUT2D eigenvalue weighted by Gasteiger charge is -2.12. The Kier molecular flexibility index (Phi) is 5.13. The van der Waals surface area contributed by atoms with Crippen molar-refractivity contribution in [2.75, 3.05) is 10.6 Å². The zero-order chi connectivity index (χ0) is 16.3. The second-order valence-corrected chi connectivity index (χ2v) is 6.28. The number of aryl methyl sites for hydroxylation is 2. The largest absolute Gasteiger partial charge is 0.368 e. The summed E-state index contributed by atoms with van der Waals surface area (Å²) in [6, 6.07) is 7.64. The Balaban J connectivity index is 2.23. The van der Waals surface area contributed by atoms with Crippen molar-refractivity contribution in [1.29, 1.82) is 0 Å². The topological polar surface area (TPSA) is 66.9 Å². The Morgan fingerprint density at radius 1 is 1.18 bits per heavy atom. The van der Waals surface area contributed by atoms with Crippen LogP contribution in [0.4, 0.5) is 11.5 Å². The average molecular weight is 363 g/mol. The minimum absolute atomic E-state index is 0.233. The number of benzene rings is 1. The van der Waals surface area contributed by atoms with Crippen molar-refractivity contribution in [1.82, 2.24) is 9.97 Å². The molecule has 0 aliphatic rings. The number of carbonyl (C=O) groups is 1. The van der Waals surface area contributed by atoms with E-state index in [1.165, 1.54) is 0 Å². The SMILES string of the molecule is Cc1ccc(NC(=O)c2cc(NC(C)C)nc(C)n2)c(Br)c1. The summed E-state index contributed by atoms with van der Waals surface area (Å²) in [5.41, 5.74) is 2.17. The highest BCUT2D eigenvalue weighted by molar-refractivity contribution is 9.10. The smallest absolute Gasteiger partial charge is 0.274 e. The van der Waals surface area contributed by atoms with Gasteiger partial charge in [-0.25, -0.2) is 9.97 Å².